The first-order valence-electron chi connectivity index (χ1n) is 11.5. The molecule has 3 atom stereocenters. The van der Waals surface area contributed by atoms with E-state index < -0.39 is 17.2 Å². The van der Waals surface area contributed by atoms with E-state index in [-0.39, 0.29) is 23.6 Å². The molecule has 0 unspecified atom stereocenters. The van der Waals surface area contributed by atoms with E-state index in [2.05, 4.69) is 40.0 Å². The summed E-state index contributed by atoms with van der Waals surface area (Å²) in [4.78, 5) is 16.2. The van der Waals surface area contributed by atoms with Gasteiger partial charge >= 0.3 is 5.97 Å². The largest absolute Gasteiger partial charge is 0.481 e. The van der Waals surface area contributed by atoms with E-state index >= 15 is 0 Å². The summed E-state index contributed by atoms with van der Waals surface area (Å²) in [7, 11) is 0. The van der Waals surface area contributed by atoms with Gasteiger partial charge in [0.25, 0.3) is 0 Å². The fraction of sp³-hybridized carbons (Fsp3) is 0.333. The van der Waals surface area contributed by atoms with Crippen LogP contribution in [0, 0.1) is 5.82 Å². The number of halogens is 1. The van der Waals surface area contributed by atoms with Gasteiger partial charge < -0.3 is 21.1 Å². The molecule has 6 nitrogen and oxygen atoms in total. The first-order chi connectivity index (χ1) is 16.3. The number of carbonyl (C=O) groups is 1. The van der Waals surface area contributed by atoms with Gasteiger partial charge in [0.1, 0.15) is 11.6 Å². The highest BCUT2D eigenvalue weighted by Gasteiger charge is 2.33. The van der Waals surface area contributed by atoms with Gasteiger partial charge in [-0.1, -0.05) is 49.4 Å². The molecule has 7 heteroatoms. The predicted molar refractivity (Wildman–Crippen MR) is 133 cm³/mol. The molecule has 0 bridgehead atoms. The van der Waals surface area contributed by atoms with E-state index in [0.717, 1.165) is 29.2 Å². The zero-order valence-corrected chi connectivity index (χ0v) is 19.7. The van der Waals surface area contributed by atoms with Crippen molar-refractivity contribution < 1.29 is 14.3 Å². The Bertz CT molecular complexity index is 1150. The number of pyridine rings is 1. The number of rotatable bonds is 8. The van der Waals surface area contributed by atoms with E-state index in [1.807, 2.05) is 30.3 Å². The standard InChI is InChI=1S/C27H31FN4O2/c1-17(19-11-12-21(28)20(14-19)27(2,3)26(33)34)15-31-24(18-8-5-4-6-9-18)23-16-30-22-10-7-13-29-25(22)32-23/h4-14,17,23-24,30-31H,15-16H2,1-3H3,(H,29,32)(H,33,34)/t17-,23+,24+/m0/s1. The normalized spacial score (nSPS) is 17.1. The molecule has 34 heavy (non-hydrogen) atoms. The average molecular weight is 463 g/mol. The molecule has 0 amide bonds. The number of carboxylic acid groups (broad SMARTS) is 1. The molecule has 0 aliphatic carbocycles. The summed E-state index contributed by atoms with van der Waals surface area (Å²) in [6.07, 6.45) is 1.77. The maximum atomic E-state index is 14.5. The number of benzene rings is 2. The molecule has 4 N–H and O–H groups in total. The molecule has 1 aliphatic heterocycles. The Morgan fingerprint density at radius 1 is 1.18 bits per heavy atom. The molecular formula is C27H31FN4O2. The number of nitrogens with one attached hydrogen (secondary N) is 3. The lowest BCUT2D eigenvalue weighted by Crippen LogP contribution is -2.45. The van der Waals surface area contributed by atoms with Crippen LogP contribution in [0.4, 0.5) is 15.9 Å². The highest BCUT2D eigenvalue weighted by atomic mass is 19.1. The number of nitrogens with zero attached hydrogens (tertiary/aromatic N) is 1. The summed E-state index contributed by atoms with van der Waals surface area (Å²) in [6, 6.07) is 19.0. The van der Waals surface area contributed by atoms with Crippen LogP contribution < -0.4 is 16.0 Å². The zero-order chi connectivity index (χ0) is 24.3. The maximum absolute atomic E-state index is 14.5. The number of fused-ring (bicyclic) bond motifs is 1. The first kappa shape index (κ1) is 23.7. The van der Waals surface area contributed by atoms with Crippen molar-refractivity contribution in [2.45, 2.75) is 44.2 Å². The van der Waals surface area contributed by atoms with Crippen LogP contribution in [0.1, 0.15) is 49.4 Å². The summed E-state index contributed by atoms with van der Waals surface area (Å²) >= 11 is 0. The molecule has 3 aromatic rings. The lowest BCUT2D eigenvalue weighted by molar-refractivity contribution is -0.142. The highest BCUT2D eigenvalue weighted by molar-refractivity contribution is 5.80. The molecule has 2 heterocycles. The summed E-state index contributed by atoms with van der Waals surface area (Å²) < 4.78 is 14.5. The van der Waals surface area contributed by atoms with Crippen LogP contribution in [-0.2, 0) is 10.2 Å². The molecule has 0 saturated carbocycles. The van der Waals surface area contributed by atoms with Gasteiger partial charge in [0.15, 0.2) is 0 Å². The third-order valence-electron chi connectivity index (χ3n) is 6.61. The molecule has 4 rings (SSSR count). The fourth-order valence-electron chi connectivity index (χ4n) is 4.33. The van der Waals surface area contributed by atoms with Gasteiger partial charge in [0.05, 0.1) is 23.2 Å². The van der Waals surface area contributed by atoms with E-state index in [1.54, 1.807) is 18.3 Å². The minimum Gasteiger partial charge on any atom is -0.481 e. The Labute approximate surface area is 199 Å². The van der Waals surface area contributed by atoms with Gasteiger partial charge in [-0.05, 0) is 49.1 Å². The van der Waals surface area contributed by atoms with E-state index in [4.69, 9.17) is 0 Å². The van der Waals surface area contributed by atoms with Crippen LogP contribution in [0.25, 0.3) is 0 Å². The number of anilines is 2. The Balaban J connectivity index is 1.54. The van der Waals surface area contributed by atoms with Crippen LogP contribution in [0.5, 0.6) is 0 Å². The third kappa shape index (κ3) is 4.89. The SMILES string of the molecule is C[C@@H](CN[C@H](c1ccccc1)[C@H]1CNc2cccnc2N1)c1ccc(F)c(C(C)(C)C(=O)O)c1. The molecular weight excluding hydrogens is 431 g/mol. The molecule has 0 spiro atoms. The Kier molecular flexibility index (Phi) is 6.84. The second-order valence-corrected chi connectivity index (χ2v) is 9.40. The average Bonchev–Trinajstić information content (AvgIpc) is 2.84. The van der Waals surface area contributed by atoms with E-state index in [1.165, 1.54) is 19.9 Å². The van der Waals surface area contributed by atoms with Crippen LogP contribution in [0.3, 0.4) is 0 Å². The number of hydrogen-bond donors (Lipinski definition) is 4. The smallest absolute Gasteiger partial charge is 0.313 e. The van der Waals surface area contributed by atoms with Crippen LogP contribution in [0.2, 0.25) is 0 Å². The van der Waals surface area contributed by atoms with Gasteiger partial charge in [0, 0.05) is 24.8 Å². The summed E-state index contributed by atoms with van der Waals surface area (Å²) in [5.74, 6) is -0.684. The number of hydrogen-bond acceptors (Lipinski definition) is 5. The summed E-state index contributed by atoms with van der Waals surface area (Å²) in [5.41, 5.74) is 1.92. The lowest BCUT2D eigenvalue weighted by atomic mass is 9.82. The van der Waals surface area contributed by atoms with Crippen molar-refractivity contribution in [3.05, 3.63) is 89.4 Å². The number of carboxylic acids is 1. The van der Waals surface area contributed by atoms with Crippen LogP contribution in [0.15, 0.2) is 66.9 Å². The molecule has 1 aliphatic rings. The van der Waals surface area contributed by atoms with Crippen molar-refractivity contribution in [2.24, 2.45) is 0 Å². The van der Waals surface area contributed by atoms with Crippen molar-refractivity contribution >= 4 is 17.5 Å². The van der Waals surface area contributed by atoms with Crippen LogP contribution >= 0.6 is 0 Å². The maximum Gasteiger partial charge on any atom is 0.313 e. The predicted octanol–water partition coefficient (Wildman–Crippen LogP) is 4.92. The minimum absolute atomic E-state index is 0.00156. The van der Waals surface area contributed by atoms with Crippen molar-refractivity contribution in [2.75, 3.05) is 23.7 Å². The third-order valence-corrected chi connectivity index (χ3v) is 6.61. The topological polar surface area (TPSA) is 86.3 Å². The van der Waals surface area contributed by atoms with Crippen molar-refractivity contribution in [3.63, 3.8) is 0 Å². The first-order valence-corrected chi connectivity index (χ1v) is 11.5. The lowest BCUT2D eigenvalue weighted by Gasteiger charge is -2.35. The monoisotopic (exact) mass is 462 g/mol. The number of aromatic nitrogens is 1. The molecule has 0 saturated heterocycles. The molecule has 1 aromatic heterocycles. The summed E-state index contributed by atoms with van der Waals surface area (Å²) in [6.45, 7) is 6.47. The van der Waals surface area contributed by atoms with E-state index in [9.17, 15) is 14.3 Å². The van der Waals surface area contributed by atoms with Gasteiger partial charge in [-0.25, -0.2) is 9.37 Å². The van der Waals surface area contributed by atoms with Crippen molar-refractivity contribution in [3.8, 4) is 0 Å². The Morgan fingerprint density at radius 2 is 1.94 bits per heavy atom. The number of aliphatic carboxylic acids is 1. The summed E-state index contributed by atoms with van der Waals surface area (Å²) in [5, 5.41) is 20.3. The minimum atomic E-state index is -1.31. The van der Waals surface area contributed by atoms with Gasteiger partial charge in [-0.2, -0.15) is 0 Å². The Morgan fingerprint density at radius 3 is 2.68 bits per heavy atom. The quantitative estimate of drug-likeness (QED) is 0.380. The second-order valence-electron chi connectivity index (χ2n) is 9.40. The van der Waals surface area contributed by atoms with Crippen LogP contribution in [-0.4, -0.2) is 35.2 Å². The molecule has 2 aromatic carbocycles. The molecule has 0 fully saturated rings. The van der Waals surface area contributed by atoms with Gasteiger partial charge in [0.2, 0.25) is 0 Å². The van der Waals surface area contributed by atoms with E-state index in [0.29, 0.717) is 6.54 Å². The van der Waals surface area contributed by atoms with Gasteiger partial charge in [-0.3, -0.25) is 4.79 Å². The Hall–Kier alpha value is -3.45. The molecule has 178 valence electrons. The zero-order valence-electron chi connectivity index (χ0n) is 19.7. The fourth-order valence-corrected chi connectivity index (χ4v) is 4.33. The van der Waals surface area contributed by atoms with Gasteiger partial charge in [-0.15, -0.1) is 0 Å². The van der Waals surface area contributed by atoms with Crippen molar-refractivity contribution in [1.29, 1.82) is 0 Å². The molecule has 0 radical (unpaired) electrons. The van der Waals surface area contributed by atoms with Crippen molar-refractivity contribution in [1.82, 2.24) is 10.3 Å². The second kappa shape index (κ2) is 9.81. The highest BCUT2D eigenvalue weighted by Crippen LogP contribution is 2.31.